The Labute approximate surface area is 342 Å². The van der Waals surface area contributed by atoms with Crippen molar-refractivity contribution in [3.8, 4) is 0 Å². The highest BCUT2D eigenvalue weighted by atomic mass is 16.6. The van der Waals surface area contributed by atoms with Crippen molar-refractivity contribution >= 4 is 12.1 Å². The Balaban J connectivity index is 1.64. The van der Waals surface area contributed by atoms with E-state index in [-0.39, 0.29) is 19.2 Å². The van der Waals surface area contributed by atoms with Crippen LogP contribution in [0, 0.1) is 0 Å². The largest absolute Gasteiger partial charge is 0.463 e. The van der Waals surface area contributed by atoms with E-state index in [1.54, 1.807) is 0 Å². The lowest BCUT2D eigenvalue weighted by atomic mass is 10.1. The zero-order valence-electron chi connectivity index (χ0n) is 34.9. The van der Waals surface area contributed by atoms with Crippen LogP contribution in [0.2, 0.25) is 0 Å². The van der Waals surface area contributed by atoms with E-state index in [9.17, 15) is 9.59 Å². The minimum atomic E-state index is -0.471. The Morgan fingerprint density at radius 3 is 1.18 bits per heavy atom. The SMILES string of the molecule is CCCCCCCCCCCC(=O)OCCOCCOCCOCCOCCOCCOCCOCCOCCOCCOCCNC(=O)OCc1ccccc1. The molecule has 0 aliphatic heterocycles. The molecular weight excluding hydrogens is 742 g/mol. The summed E-state index contributed by atoms with van der Waals surface area (Å²) in [5.41, 5.74) is 0.936. The summed E-state index contributed by atoms with van der Waals surface area (Å²) in [6.45, 7) is 12.4. The highest BCUT2D eigenvalue weighted by Gasteiger charge is 2.04. The van der Waals surface area contributed by atoms with Crippen LogP contribution < -0.4 is 5.32 Å². The highest BCUT2D eigenvalue weighted by molar-refractivity contribution is 5.69. The van der Waals surface area contributed by atoms with Crippen molar-refractivity contribution in [1.82, 2.24) is 5.32 Å². The monoisotopic (exact) mass is 818 g/mol. The van der Waals surface area contributed by atoms with E-state index in [4.69, 9.17) is 56.8 Å². The number of nitrogens with one attached hydrogen (secondary N) is 1. The molecule has 0 bridgehead atoms. The van der Waals surface area contributed by atoms with Gasteiger partial charge in [-0.25, -0.2) is 4.79 Å². The molecule has 0 fully saturated rings. The maximum Gasteiger partial charge on any atom is 0.407 e. The summed E-state index contributed by atoms with van der Waals surface area (Å²) in [6.07, 6.45) is 11.1. The van der Waals surface area contributed by atoms with Gasteiger partial charge in [0.15, 0.2) is 0 Å². The van der Waals surface area contributed by atoms with E-state index >= 15 is 0 Å². The summed E-state index contributed by atoms with van der Waals surface area (Å²) in [5.74, 6) is -0.141. The summed E-state index contributed by atoms with van der Waals surface area (Å²) in [5, 5.41) is 2.64. The Bertz CT molecular complexity index is 977. The molecule has 57 heavy (non-hydrogen) atoms. The number of ether oxygens (including phenoxy) is 12. The first-order chi connectivity index (χ1) is 28.2. The van der Waals surface area contributed by atoms with Crippen LogP contribution >= 0.6 is 0 Å². The zero-order chi connectivity index (χ0) is 40.8. The average Bonchev–Trinajstić information content (AvgIpc) is 3.22. The lowest BCUT2D eigenvalue weighted by molar-refractivity contribution is -0.145. The molecular formula is C42H75NO14. The molecule has 1 amide bonds. The fourth-order valence-electron chi connectivity index (χ4n) is 4.95. The van der Waals surface area contributed by atoms with Crippen molar-refractivity contribution in [1.29, 1.82) is 0 Å². The van der Waals surface area contributed by atoms with E-state index < -0.39 is 6.09 Å². The van der Waals surface area contributed by atoms with Crippen LogP contribution in [0.3, 0.4) is 0 Å². The molecule has 0 atom stereocenters. The van der Waals surface area contributed by atoms with Gasteiger partial charge in [-0.05, 0) is 12.0 Å². The second-order valence-corrected chi connectivity index (χ2v) is 12.9. The van der Waals surface area contributed by atoms with Gasteiger partial charge in [0.2, 0.25) is 0 Å². The van der Waals surface area contributed by atoms with Gasteiger partial charge in [-0.2, -0.15) is 0 Å². The van der Waals surface area contributed by atoms with E-state index in [2.05, 4.69) is 12.2 Å². The molecule has 0 radical (unpaired) electrons. The molecule has 0 heterocycles. The molecule has 0 aliphatic rings. The average molecular weight is 818 g/mol. The molecule has 15 nitrogen and oxygen atoms in total. The molecule has 1 rings (SSSR count). The van der Waals surface area contributed by atoms with Crippen LogP contribution in [0.25, 0.3) is 0 Å². The Hall–Kier alpha value is -2.44. The maximum absolute atomic E-state index is 11.8. The van der Waals surface area contributed by atoms with Crippen molar-refractivity contribution < 1.29 is 66.4 Å². The minimum absolute atomic E-state index is 0.141. The van der Waals surface area contributed by atoms with Crippen molar-refractivity contribution in [3.05, 3.63) is 35.9 Å². The third-order valence-electron chi connectivity index (χ3n) is 8.05. The fraction of sp³-hybridized carbons (Fsp3) is 0.810. The van der Waals surface area contributed by atoms with Gasteiger partial charge in [0.1, 0.15) is 13.2 Å². The molecule has 0 aromatic heterocycles. The smallest absolute Gasteiger partial charge is 0.407 e. The van der Waals surface area contributed by atoms with Crippen molar-refractivity contribution in [2.75, 3.05) is 145 Å². The van der Waals surface area contributed by atoms with Gasteiger partial charge in [-0.3, -0.25) is 4.79 Å². The van der Waals surface area contributed by atoms with E-state index in [0.29, 0.717) is 145 Å². The van der Waals surface area contributed by atoms with Crippen LogP contribution in [-0.2, 0) is 68.2 Å². The van der Waals surface area contributed by atoms with E-state index in [1.165, 1.54) is 44.9 Å². The van der Waals surface area contributed by atoms with Gasteiger partial charge in [0.05, 0.1) is 132 Å². The van der Waals surface area contributed by atoms with Gasteiger partial charge >= 0.3 is 12.1 Å². The normalized spacial score (nSPS) is 11.2. The number of unbranched alkanes of at least 4 members (excludes halogenated alkanes) is 8. The third-order valence-corrected chi connectivity index (χ3v) is 8.05. The third kappa shape index (κ3) is 41.5. The molecule has 1 aromatic carbocycles. The summed E-state index contributed by atoms with van der Waals surface area (Å²) in [4.78, 5) is 23.5. The van der Waals surface area contributed by atoms with Gasteiger partial charge in [0, 0.05) is 13.0 Å². The van der Waals surface area contributed by atoms with Crippen LogP contribution in [0.1, 0.15) is 76.7 Å². The van der Waals surface area contributed by atoms with Crippen LogP contribution in [-0.4, -0.2) is 157 Å². The summed E-state index contributed by atoms with van der Waals surface area (Å²) in [7, 11) is 0. The quantitative estimate of drug-likeness (QED) is 0.0646. The van der Waals surface area contributed by atoms with E-state index in [0.717, 1.165) is 18.4 Å². The van der Waals surface area contributed by atoms with Crippen LogP contribution in [0.15, 0.2) is 30.3 Å². The second-order valence-electron chi connectivity index (χ2n) is 12.9. The molecule has 332 valence electrons. The minimum Gasteiger partial charge on any atom is -0.463 e. The topological polar surface area (TPSA) is 157 Å². The predicted molar refractivity (Wildman–Crippen MR) is 216 cm³/mol. The van der Waals surface area contributed by atoms with Crippen LogP contribution in [0.5, 0.6) is 0 Å². The number of benzene rings is 1. The molecule has 0 saturated heterocycles. The maximum atomic E-state index is 11.8. The summed E-state index contributed by atoms with van der Waals surface area (Å²) in [6, 6.07) is 9.50. The molecule has 1 N–H and O–H groups in total. The van der Waals surface area contributed by atoms with Gasteiger partial charge < -0.3 is 62.2 Å². The predicted octanol–water partition coefficient (Wildman–Crippen LogP) is 5.54. The number of carbonyl (C=O) groups is 2. The highest BCUT2D eigenvalue weighted by Crippen LogP contribution is 2.10. The molecule has 0 saturated carbocycles. The number of rotatable bonds is 45. The first-order valence-electron chi connectivity index (χ1n) is 21.1. The molecule has 0 unspecified atom stereocenters. The molecule has 0 spiro atoms. The Morgan fingerprint density at radius 1 is 0.421 bits per heavy atom. The first kappa shape index (κ1) is 52.6. The van der Waals surface area contributed by atoms with Crippen molar-refractivity contribution in [2.24, 2.45) is 0 Å². The fourth-order valence-corrected chi connectivity index (χ4v) is 4.95. The molecule has 15 heteroatoms. The van der Waals surface area contributed by atoms with Gasteiger partial charge in [-0.1, -0.05) is 88.6 Å². The second kappa shape index (κ2) is 44.7. The Kier molecular flexibility index (Phi) is 41.2. The standard InChI is InChI=1S/C42H75NO14/c1-2-3-4-5-6-7-8-9-13-16-41(44)56-38-37-55-36-35-54-34-33-53-32-31-52-30-29-51-28-27-50-26-25-49-24-23-48-22-21-47-20-19-46-18-17-43-42(45)57-39-40-14-11-10-12-15-40/h10-12,14-15H,2-9,13,16-39H2,1H3,(H,43,45). The van der Waals surface area contributed by atoms with Crippen molar-refractivity contribution in [3.63, 3.8) is 0 Å². The number of alkyl carbamates (subject to hydrolysis) is 1. The van der Waals surface area contributed by atoms with E-state index in [1.807, 2.05) is 30.3 Å². The van der Waals surface area contributed by atoms with Gasteiger partial charge in [0.25, 0.3) is 0 Å². The molecule has 1 aromatic rings. The Morgan fingerprint density at radius 2 is 0.772 bits per heavy atom. The van der Waals surface area contributed by atoms with Gasteiger partial charge in [-0.15, -0.1) is 0 Å². The van der Waals surface area contributed by atoms with Crippen molar-refractivity contribution in [2.45, 2.75) is 77.7 Å². The number of hydrogen-bond donors (Lipinski definition) is 1. The number of amides is 1. The lowest BCUT2D eigenvalue weighted by Gasteiger charge is -2.09. The number of carbonyl (C=O) groups excluding carboxylic acids is 2. The number of hydrogen-bond acceptors (Lipinski definition) is 14. The molecule has 0 aliphatic carbocycles. The zero-order valence-corrected chi connectivity index (χ0v) is 34.9. The first-order valence-corrected chi connectivity index (χ1v) is 21.1. The summed E-state index contributed by atoms with van der Waals surface area (Å²) < 4.78 is 65.1. The number of esters is 1. The lowest BCUT2D eigenvalue weighted by Crippen LogP contribution is -2.28. The summed E-state index contributed by atoms with van der Waals surface area (Å²) >= 11 is 0. The van der Waals surface area contributed by atoms with Crippen LogP contribution in [0.4, 0.5) is 4.79 Å².